The van der Waals surface area contributed by atoms with Gasteiger partial charge in [-0.25, -0.2) is 14.8 Å². The van der Waals surface area contributed by atoms with Crippen LogP contribution in [0.5, 0.6) is 0 Å². The van der Waals surface area contributed by atoms with Gasteiger partial charge in [-0.3, -0.25) is 0 Å². The number of rotatable bonds is 3. The van der Waals surface area contributed by atoms with Crippen molar-refractivity contribution < 1.29 is 9.53 Å². The van der Waals surface area contributed by atoms with Crippen molar-refractivity contribution in [3.05, 3.63) is 82.8 Å². The van der Waals surface area contributed by atoms with Gasteiger partial charge in [0, 0.05) is 15.6 Å². The van der Waals surface area contributed by atoms with E-state index in [2.05, 4.69) is 15.9 Å². The van der Waals surface area contributed by atoms with E-state index in [1.165, 1.54) is 7.11 Å². The van der Waals surface area contributed by atoms with E-state index in [4.69, 9.17) is 14.7 Å². The molecule has 0 N–H and O–H groups in total. The molecule has 0 aliphatic heterocycles. The van der Waals surface area contributed by atoms with Gasteiger partial charge < -0.3 is 4.74 Å². The number of aromatic nitrogens is 2. The summed E-state index contributed by atoms with van der Waals surface area (Å²) in [4.78, 5) is 22.1. The lowest BCUT2D eigenvalue weighted by atomic mass is 9.99. The number of hydrogen-bond acceptors (Lipinski definition) is 4. The van der Waals surface area contributed by atoms with Gasteiger partial charge >= 0.3 is 5.97 Å². The predicted molar refractivity (Wildman–Crippen MR) is 109 cm³/mol. The first-order valence-corrected chi connectivity index (χ1v) is 9.17. The zero-order valence-corrected chi connectivity index (χ0v) is 16.1. The second-order valence-electron chi connectivity index (χ2n) is 5.96. The molecule has 0 atom stereocenters. The van der Waals surface area contributed by atoms with Crippen LogP contribution in [0.1, 0.15) is 10.4 Å². The van der Waals surface area contributed by atoms with Gasteiger partial charge in [-0.1, -0.05) is 64.5 Å². The first-order valence-electron chi connectivity index (χ1n) is 8.38. The highest BCUT2D eigenvalue weighted by molar-refractivity contribution is 9.10. The second kappa shape index (κ2) is 7.29. The predicted octanol–water partition coefficient (Wildman–Crippen LogP) is 5.51. The van der Waals surface area contributed by atoms with E-state index in [-0.39, 0.29) is 0 Å². The van der Waals surface area contributed by atoms with E-state index in [1.807, 2.05) is 66.7 Å². The molecular formula is C22H15BrN2O2. The van der Waals surface area contributed by atoms with Crippen LogP contribution in [0, 0.1) is 0 Å². The molecule has 1 heterocycles. The van der Waals surface area contributed by atoms with Crippen molar-refractivity contribution in [2.45, 2.75) is 0 Å². The summed E-state index contributed by atoms with van der Waals surface area (Å²) in [6.07, 6.45) is 0. The van der Waals surface area contributed by atoms with Gasteiger partial charge in [-0.05, 0) is 24.3 Å². The van der Waals surface area contributed by atoms with Crippen molar-refractivity contribution in [2.75, 3.05) is 7.11 Å². The van der Waals surface area contributed by atoms with Crippen molar-refractivity contribution in [3.8, 4) is 22.5 Å². The minimum absolute atomic E-state index is 0.416. The summed E-state index contributed by atoms with van der Waals surface area (Å²) in [7, 11) is 1.37. The minimum Gasteiger partial charge on any atom is -0.465 e. The number of para-hydroxylation sites is 2. The third-order valence-electron chi connectivity index (χ3n) is 4.26. The Morgan fingerprint density at radius 3 is 2.15 bits per heavy atom. The fourth-order valence-corrected chi connectivity index (χ4v) is 3.35. The SMILES string of the molecule is COC(=O)c1cc(Br)ccc1-c1nc2ccccc2nc1-c1ccccc1. The fraction of sp³-hybridized carbons (Fsp3) is 0.0455. The highest BCUT2D eigenvalue weighted by atomic mass is 79.9. The normalized spacial score (nSPS) is 10.7. The number of halogens is 1. The lowest BCUT2D eigenvalue weighted by Crippen LogP contribution is -2.05. The molecule has 0 amide bonds. The van der Waals surface area contributed by atoms with Crippen LogP contribution in [0.4, 0.5) is 0 Å². The highest BCUT2D eigenvalue weighted by Gasteiger charge is 2.20. The average molecular weight is 419 g/mol. The second-order valence-corrected chi connectivity index (χ2v) is 6.87. The summed E-state index contributed by atoms with van der Waals surface area (Å²) in [5.41, 5.74) is 5.00. The Kier molecular flexibility index (Phi) is 4.69. The monoisotopic (exact) mass is 418 g/mol. The van der Waals surface area contributed by atoms with Gasteiger partial charge in [0.05, 0.1) is 35.1 Å². The quantitative estimate of drug-likeness (QED) is 0.411. The average Bonchev–Trinajstić information content (AvgIpc) is 2.73. The molecule has 0 bridgehead atoms. The Hall–Kier alpha value is -3.05. The lowest BCUT2D eigenvalue weighted by molar-refractivity contribution is 0.0601. The van der Waals surface area contributed by atoms with E-state index < -0.39 is 5.97 Å². The molecule has 0 fully saturated rings. The summed E-state index contributed by atoms with van der Waals surface area (Å²) < 4.78 is 5.77. The van der Waals surface area contributed by atoms with E-state index in [9.17, 15) is 4.79 Å². The fourth-order valence-electron chi connectivity index (χ4n) is 2.99. The van der Waals surface area contributed by atoms with Crippen LogP contribution >= 0.6 is 15.9 Å². The number of carbonyl (C=O) groups is 1. The summed E-state index contributed by atoms with van der Waals surface area (Å²) in [5.74, 6) is -0.416. The van der Waals surface area contributed by atoms with Crippen LogP contribution < -0.4 is 0 Å². The standard InChI is InChI=1S/C22H15BrN2O2/c1-27-22(26)17-13-15(23)11-12-16(17)21-20(14-7-3-2-4-8-14)24-18-9-5-6-10-19(18)25-21/h2-13H,1H3. The molecule has 4 rings (SSSR count). The van der Waals surface area contributed by atoms with Crippen molar-refractivity contribution >= 4 is 32.9 Å². The molecule has 4 aromatic rings. The first-order chi connectivity index (χ1) is 13.2. The third-order valence-corrected chi connectivity index (χ3v) is 4.75. The number of methoxy groups -OCH3 is 1. The molecule has 0 spiro atoms. The van der Waals surface area contributed by atoms with Crippen LogP contribution in [0.3, 0.4) is 0 Å². The molecule has 4 nitrogen and oxygen atoms in total. The van der Waals surface area contributed by atoms with E-state index in [0.29, 0.717) is 16.8 Å². The van der Waals surface area contributed by atoms with Crippen molar-refractivity contribution in [1.29, 1.82) is 0 Å². The molecule has 0 aliphatic carbocycles. The number of carbonyl (C=O) groups excluding carboxylic acids is 1. The van der Waals surface area contributed by atoms with Gasteiger partial charge in [-0.2, -0.15) is 0 Å². The molecule has 5 heteroatoms. The van der Waals surface area contributed by atoms with Crippen molar-refractivity contribution in [2.24, 2.45) is 0 Å². The molecule has 0 saturated carbocycles. The number of nitrogens with zero attached hydrogens (tertiary/aromatic N) is 2. The molecule has 132 valence electrons. The maximum Gasteiger partial charge on any atom is 0.338 e. The Morgan fingerprint density at radius 1 is 0.852 bits per heavy atom. The van der Waals surface area contributed by atoms with E-state index >= 15 is 0 Å². The first kappa shape index (κ1) is 17.4. The van der Waals surface area contributed by atoms with Gasteiger partial charge in [0.25, 0.3) is 0 Å². The van der Waals surface area contributed by atoms with Crippen molar-refractivity contribution in [3.63, 3.8) is 0 Å². The number of ether oxygens (including phenoxy) is 1. The highest BCUT2D eigenvalue weighted by Crippen LogP contribution is 2.34. The summed E-state index contributed by atoms with van der Waals surface area (Å²) in [6.45, 7) is 0. The number of fused-ring (bicyclic) bond motifs is 1. The zero-order chi connectivity index (χ0) is 18.8. The Balaban J connectivity index is 2.06. The molecule has 0 saturated heterocycles. The summed E-state index contributed by atoms with van der Waals surface area (Å²) >= 11 is 3.43. The number of hydrogen-bond donors (Lipinski definition) is 0. The van der Waals surface area contributed by atoms with Crippen LogP contribution in [0.15, 0.2) is 77.3 Å². The lowest BCUT2D eigenvalue weighted by Gasteiger charge is -2.13. The molecule has 0 radical (unpaired) electrons. The summed E-state index contributed by atoms with van der Waals surface area (Å²) in [6, 6.07) is 23.0. The zero-order valence-electron chi connectivity index (χ0n) is 14.5. The van der Waals surface area contributed by atoms with Crippen LogP contribution in [0.2, 0.25) is 0 Å². The molecule has 3 aromatic carbocycles. The van der Waals surface area contributed by atoms with Gasteiger partial charge in [0.1, 0.15) is 0 Å². The van der Waals surface area contributed by atoms with Gasteiger partial charge in [0.15, 0.2) is 0 Å². The molecule has 27 heavy (non-hydrogen) atoms. The van der Waals surface area contributed by atoms with Crippen molar-refractivity contribution in [1.82, 2.24) is 9.97 Å². The van der Waals surface area contributed by atoms with Crippen LogP contribution in [-0.4, -0.2) is 23.0 Å². The topological polar surface area (TPSA) is 52.1 Å². The maximum absolute atomic E-state index is 12.4. The smallest absolute Gasteiger partial charge is 0.338 e. The largest absolute Gasteiger partial charge is 0.465 e. The molecule has 0 aliphatic rings. The molecular weight excluding hydrogens is 404 g/mol. The molecule has 1 aromatic heterocycles. The third kappa shape index (κ3) is 3.34. The summed E-state index contributed by atoms with van der Waals surface area (Å²) in [5, 5.41) is 0. The number of esters is 1. The Labute approximate surface area is 165 Å². The molecule has 0 unspecified atom stereocenters. The Bertz CT molecular complexity index is 1140. The van der Waals surface area contributed by atoms with Gasteiger partial charge in [-0.15, -0.1) is 0 Å². The maximum atomic E-state index is 12.4. The minimum atomic E-state index is -0.416. The van der Waals surface area contributed by atoms with E-state index in [1.54, 1.807) is 6.07 Å². The Morgan fingerprint density at radius 2 is 1.48 bits per heavy atom. The van der Waals surface area contributed by atoms with Crippen LogP contribution in [-0.2, 0) is 4.74 Å². The van der Waals surface area contributed by atoms with Gasteiger partial charge in [0.2, 0.25) is 0 Å². The number of benzene rings is 3. The van der Waals surface area contributed by atoms with E-state index in [0.717, 1.165) is 26.8 Å². The van der Waals surface area contributed by atoms with Crippen LogP contribution in [0.25, 0.3) is 33.5 Å².